The van der Waals surface area contributed by atoms with Crippen LogP contribution < -0.4 is 9.58 Å². The summed E-state index contributed by atoms with van der Waals surface area (Å²) >= 11 is 0. The molecule has 4 aromatic rings. The molecule has 0 atom stereocenters. The van der Waals surface area contributed by atoms with Crippen LogP contribution in [-0.2, 0) is 12.6 Å². The Hall–Kier alpha value is -3.35. The van der Waals surface area contributed by atoms with E-state index in [2.05, 4.69) is 17.2 Å². The van der Waals surface area contributed by atoms with E-state index in [0.717, 1.165) is 24.9 Å². The van der Waals surface area contributed by atoms with Gasteiger partial charge in [0.05, 0.1) is 11.3 Å². The first-order valence-corrected chi connectivity index (χ1v) is 11.3. The predicted octanol–water partition coefficient (Wildman–Crippen LogP) is 5.63. The maximum atomic E-state index is 14.1. The van der Waals surface area contributed by atoms with Gasteiger partial charge in [-0.2, -0.15) is 13.2 Å². The zero-order chi connectivity index (χ0) is 23.0. The molecule has 5 rings (SSSR count). The summed E-state index contributed by atoms with van der Waals surface area (Å²) in [5.74, 6) is 0.912. The number of hydrogen-bond acceptors (Lipinski definition) is 2. The molecule has 1 aliphatic rings. The lowest BCUT2D eigenvalue weighted by molar-refractivity contribution is -0.632. The average molecular weight is 452 g/mol. The Bertz CT molecular complexity index is 1240. The molecule has 1 saturated heterocycles. The quantitative estimate of drug-likeness (QED) is 0.409. The van der Waals surface area contributed by atoms with Crippen molar-refractivity contribution >= 4 is 16.9 Å². The van der Waals surface area contributed by atoms with Crippen molar-refractivity contribution < 1.29 is 17.9 Å². The van der Waals surface area contributed by atoms with Gasteiger partial charge in [0.15, 0.2) is 5.69 Å². The molecule has 0 saturated carbocycles. The molecule has 0 radical (unpaired) electrons. The Balaban J connectivity index is 1.49. The maximum Gasteiger partial charge on any atom is 0.417 e. The zero-order valence-electron chi connectivity index (χ0n) is 18.4. The average Bonchev–Trinajstić information content (AvgIpc) is 3.16. The number of nitrogens with one attached hydrogen (secondary N) is 1. The van der Waals surface area contributed by atoms with E-state index in [-0.39, 0.29) is 5.39 Å². The molecule has 1 N–H and O–H groups in total. The number of para-hydroxylation sites is 1. The molecule has 170 valence electrons. The third-order valence-corrected chi connectivity index (χ3v) is 6.48. The number of fused-ring (bicyclic) bond motifs is 1. The summed E-state index contributed by atoms with van der Waals surface area (Å²) in [7, 11) is 0. The normalized spacial score (nSPS) is 15.3. The van der Waals surface area contributed by atoms with Crippen LogP contribution in [0.15, 0.2) is 66.7 Å². The number of piperidine rings is 1. The molecule has 0 unspecified atom stereocenters. The van der Waals surface area contributed by atoms with Crippen LogP contribution in [0.2, 0.25) is 0 Å². The largest absolute Gasteiger partial charge is 0.417 e. The van der Waals surface area contributed by atoms with Crippen LogP contribution in [0.4, 0.5) is 19.0 Å². The Kier molecular flexibility index (Phi) is 5.56. The van der Waals surface area contributed by atoms with Gasteiger partial charge < -0.3 is 4.90 Å². The summed E-state index contributed by atoms with van der Waals surface area (Å²) in [6.45, 7) is 3.05. The van der Waals surface area contributed by atoms with Gasteiger partial charge in [0, 0.05) is 19.2 Å². The fourth-order valence-electron chi connectivity index (χ4n) is 4.79. The van der Waals surface area contributed by atoms with Crippen LogP contribution in [-0.4, -0.2) is 23.2 Å². The van der Waals surface area contributed by atoms with Crippen LogP contribution in [0.25, 0.3) is 16.7 Å². The van der Waals surface area contributed by atoms with Gasteiger partial charge in [0.2, 0.25) is 5.82 Å². The molecular weight excluding hydrogens is 425 g/mol. The first-order valence-electron chi connectivity index (χ1n) is 11.3. The number of anilines is 1. The topological polar surface area (TPSA) is 35.8 Å². The molecule has 7 heteroatoms. The molecule has 3 heterocycles. The van der Waals surface area contributed by atoms with Crippen molar-refractivity contribution in [2.45, 2.75) is 32.4 Å². The fourth-order valence-corrected chi connectivity index (χ4v) is 4.79. The van der Waals surface area contributed by atoms with Gasteiger partial charge in [-0.1, -0.05) is 48.5 Å². The second kappa shape index (κ2) is 8.54. The summed E-state index contributed by atoms with van der Waals surface area (Å²) in [5.41, 5.74) is 2.16. The molecule has 0 spiro atoms. The molecule has 33 heavy (non-hydrogen) atoms. The molecule has 1 aliphatic heterocycles. The minimum Gasteiger partial charge on any atom is -0.336 e. The first kappa shape index (κ1) is 21.5. The second-order valence-electron chi connectivity index (χ2n) is 8.75. The number of rotatable bonds is 4. The summed E-state index contributed by atoms with van der Waals surface area (Å²) in [6, 6.07) is 20.9. The van der Waals surface area contributed by atoms with Gasteiger partial charge >= 0.3 is 11.8 Å². The lowest BCUT2D eigenvalue weighted by atomic mass is 9.90. The Morgan fingerprint density at radius 2 is 1.64 bits per heavy atom. The van der Waals surface area contributed by atoms with Gasteiger partial charge in [-0.15, -0.1) is 4.68 Å². The highest BCUT2D eigenvalue weighted by atomic mass is 19.4. The summed E-state index contributed by atoms with van der Waals surface area (Å²) in [4.78, 5) is 6.73. The van der Waals surface area contributed by atoms with Crippen LogP contribution >= 0.6 is 0 Å². The van der Waals surface area contributed by atoms with Crippen LogP contribution in [0, 0.1) is 12.8 Å². The molecule has 1 fully saturated rings. The summed E-state index contributed by atoms with van der Waals surface area (Å²) in [6.07, 6.45) is -1.61. The molecular formula is C26H26F3N4+. The maximum absolute atomic E-state index is 14.1. The van der Waals surface area contributed by atoms with Crippen molar-refractivity contribution in [1.82, 2.24) is 10.1 Å². The Labute approximate surface area is 190 Å². The predicted molar refractivity (Wildman–Crippen MR) is 122 cm³/mol. The SMILES string of the molecule is Cc1[nH][n+](-c2ccccc2)c2nc(N3CCC(Cc4ccccc4)CC3)cc(C(F)(F)F)c12. The standard InChI is InChI=1S/C26H25F3N4/c1-18-24-22(26(27,28)29)17-23(30-25(24)33(31-18)21-10-6-3-7-11-21)32-14-12-20(13-15-32)16-19-8-4-2-5-9-19/h2-11,17,20H,12-16H2,1H3/p+1. The molecule has 0 aliphatic carbocycles. The van der Waals surface area contributed by atoms with E-state index < -0.39 is 11.7 Å². The lowest BCUT2D eigenvalue weighted by Gasteiger charge is -2.31. The van der Waals surface area contributed by atoms with E-state index in [9.17, 15) is 13.2 Å². The lowest BCUT2D eigenvalue weighted by Crippen LogP contribution is -2.37. The van der Waals surface area contributed by atoms with E-state index in [4.69, 9.17) is 4.98 Å². The van der Waals surface area contributed by atoms with Gasteiger partial charge in [-0.3, -0.25) is 0 Å². The minimum atomic E-state index is -4.47. The number of aryl methyl sites for hydroxylation is 1. The molecule has 0 amide bonds. The van der Waals surface area contributed by atoms with Crippen LogP contribution in [0.3, 0.4) is 0 Å². The van der Waals surface area contributed by atoms with E-state index in [1.165, 1.54) is 11.6 Å². The minimum absolute atomic E-state index is 0.120. The number of nitrogens with zero attached hydrogens (tertiary/aromatic N) is 3. The van der Waals surface area contributed by atoms with Gasteiger partial charge in [-0.05, 0) is 54.8 Å². The monoisotopic (exact) mass is 451 g/mol. The van der Waals surface area contributed by atoms with Crippen molar-refractivity contribution in [2.75, 3.05) is 18.0 Å². The summed E-state index contributed by atoms with van der Waals surface area (Å²) < 4.78 is 43.9. The van der Waals surface area contributed by atoms with Crippen molar-refractivity contribution in [3.63, 3.8) is 0 Å². The number of H-pyrrole nitrogens is 1. The van der Waals surface area contributed by atoms with Crippen molar-refractivity contribution in [3.8, 4) is 5.69 Å². The molecule has 4 nitrogen and oxygen atoms in total. The third-order valence-electron chi connectivity index (χ3n) is 6.48. The number of aromatic nitrogens is 3. The first-order chi connectivity index (χ1) is 15.9. The van der Waals surface area contributed by atoms with Gasteiger partial charge in [0.25, 0.3) is 0 Å². The number of hydrogen-bond donors (Lipinski definition) is 1. The smallest absolute Gasteiger partial charge is 0.336 e. The van der Waals surface area contributed by atoms with Gasteiger partial charge in [-0.25, -0.2) is 5.10 Å². The highest BCUT2D eigenvalue weighted by Gasteiger charge is 2.39. The van der Waals surface area contributed by atoms with Crippen LogP contribution in [0.1, 0.15) is 29.7 Å². The summed E-state index contributed by atoms with van der Waals surface area (Å²) in [5, 5.41) is 3.20. The fraction of sp³-hybridized carbons (Fsp3) is 0.308. The van der Waals surface area contributed by atoms with E-state index >= 15 is 0 Å². The zero-order valence-corrected chi connectivity index (χ0v) is 18.4. The number of pyridine rings is 1. The van der Waals surface area contributed by atoms with Crippen molar-refractivity contribution in [1.29, 1.82) is 0 Å². The highest BCUT2D eigenvalue weighted by molar-refractivity contribution is 5.82. The highest BCUT2D eigenvalue weighted by Crippen LogP contribution is 2.38. The van der Waals surface area contributed by atoms with E-state index in [1.807, 2.05) is 53.4 Å². The Morgan fingerprint density at radius 3 is 2.27 bits per heavy atom. The number of benzene rings is 2. The van der Waals surface area contributed by atoms with Crippen LogP contribution in [0.5, 0.6) is 0 Å². The van der Waals surface area contributed by atoms with Crippen molar-refractivity contribution in [2.24, 2.45) is 5.92 Å². The van der Waals surface area contributed by atoms with E-state index in [0.29, 0.717) is 36.2 Å². The number of halogens is 3. The molecule has 0 bridgehead atoms. The number of alkyl halides is 3. The molecule has 2 aromatic carbocycles. The third kappa shape index (κ3) is 4.32. The number of aromatic amines is 1. The van der Waals surface area contributed by atoms with E-state index in [1.54, 1.807) is 11.6 Å². The Morgan fingerprint density at radius 1 is 1.00 bits per heavy atom. The second-order valence-corrected chi connectivity index (χ2v) is 8.75. The van der Waals surface area contributed by atoms with Crippen molar-refractivity contribution in [3.05, 3.63) is 83.6 Å². The molecule has 2 aromatic heterocycles. The van der Waals surface area contributed by atoms with Gasteiger partial charge in [0.1, 0.15) is 5.39 Å².